The van der Waals surface area contributed by atoms with Crippen LogP contribution in [0.3, 0.4) is 0 Å². The van der Waals surface area contributed by atoms with Crippen LogP contribution in [0.25, 0.3) is 0 Å². The fourth-order valence-electron chi connectivity index (χ4n) is 2.36. The second kappa shape index (κ2) is 2.66. The van der Waals surface area contributed by atoms with Gasteiger partial charge in [0.2, 0.25) is 0 Å². The molecule has 0 amide bonds. The molecule has 0 saturated carbocycles. The molecular formula is C11H16S. The van der Waals surface area contributed by atoms with Crippen molar-refractivity contribution in [1.82, 2.24) is 0 Å². The normalized spacial score (nSPS) is 37.8. The van der Waals surface area contributed by atoms with Gasteiger partial charge in [0.15, 0.2) is 0 Å². The summed E-state index contributed by atoms with van der Waals surface area (Å²) < 4.78 is 0. The smallest absolute Gasteiger partial charge is 0.0310 e. The fraction of sp³-hybridized carbons (Fsp3) is 0.636. The van der Waals surface area contributed by atoms with Crippen molar-refractivity contribution >= 4 is 11.8 Å². The lowest BCUT2D eigenvalue weighted by Crippen LogP contribution is -2.30. The van der Waals surface area contributed by atoms with E-state index >= 15 is 0 Å². The summed E-state index contributed by atoms with van der Waals surface area (Å²) in [5, 5.41) is 0.755. The lowest BCUT2D eigenvalue weighted by atomic mass is 9.76. The molecule has 0 unspecified atom stereocenters. The minimum absolute atomic E-state index is 0.406. The number of thioether (sulfide) groups is 1. The average molecular weight is 180 g/mol. The zero-order valence-electron chi connectivity index (χ0n) is 8.00. The Kier molecular flexibility index (Phi) is 1.87. The van der Waals surface area contributed by atoms with Gasteiger partial charge >= 0.3 is 0 Å². The number of allylic oxidation sites excluding steroid dienone is 3. The summed E-state index contributed by atoms with van der Waals surface area (Å²) >= 11 is 2.03. The van der Waals surface area contributed by atoms with Crippen LogP contribution < -0.4 is 0 Å². The maximum Gasteiger partial charge on any atom is 0.0310 e. The molecule has 0 radical (unpaired) electrons. The first kappa shape index (κ1) is 8.43. The fourth-order valence-corrected chi connectivity index (χ4v) is 3.97. The van der Waals surface area contributed by atoms with E-state index in [-0.39, 0.29) is 0 Å². The van der Waals surface area contributed by atoms with Crippen molar-refractivity contribution in [3.05, 3.63) is 23.1 Å². The summed E-state index contributed by atoms with van der Waals surface area (Å²) in [5.74, 6) is 0.839. The number of hydrogen-bond acceptors (Lipinski definition) is 1. The quantitative estimate of drug-likeness (QED) is 0.513. The van der Waals surface area contributed by atoms with Gasteiger partial charge in [0.25, 0.3) is 0 Å². The largest absolute Gasteiger partial charge is 0.123 e. The van der Waals surface area contributed by atoms with E-state index in [1.807, 2.05) is 11.8 Å². The highest BCUT2D eigenvalue weighted by Crippen LogP contribution is 2.49. The van der Waals surface area contributed by atoms with Gasteiger partial charge in [0.05, 0.1) is 0 Å². The van der Waals surface area contributed by atoms with Gasteiger partial charge in [-0.3, -0.25) is 0 Å². The van der Waals surface area contributed by atoms with Crippen molar-refractivity contribution in [3.8, 4) is 0 Å². The van der Waals surface area contributed by atoms with Crippen LogP contribution in [0.15, 0.2) is 23.1 Å². The SMILES string of the molecule is CC1=CC(C)(C)[C@H]2CC=C[C@H]2S1. The molecule has 0 aromatic heterocycles. The Hall–Kier alpha value is -0.170. The van der Waals surface area contributed by atoms with E-state index in [9.17, 15) is 0 Å². The van der Waals surface area contributed by atoms with Gasteiger partial charge in [-0.05, 0) is 29.6 Å². The summed E-state index contributed by atoms with van der Waals surface area (Å²) in [6.07, 6.45) is 8.43. The molecule has 0 spiro atoms. The number of fused-ring (bicyclic) bond motifs is 1. The van der Waals surface area contributed by atoms with Crippen LogP contribution in [0.2, 0.25) is 0 Å². The van der Waals surface area contributed by atoms with Crippen molar-refractivity contribution in [2.75, 3.05) is 0 Å². The Bertz CT molecular complexity index is 248. The Balaban J connectivity index is 2.31. The van der Waals surface area contributed by atoms with Crippen LogP contribution in [-0.2, 0) is 0 Å². The molecule has 1 aliphatic heterocycles. The molecule has 0 aromatic rings. The van der Waals surface area contributed by atoms with E-state index in [0.29, 0.717) is 5.41 Å². The lowest BCUT2D eigenvalue weighted by molar-refractivity contribution is 0.300. The van der Waals surface area contributed by atoms with E-state index in [1.165, 1.54) is 11.3 Å². The summed E-state index contributed by atoms with van der Waals surface area (Å²) in [6, 6.07) is 0. The third-order valence-corrected chi connectivity index (χ3v) is 4.21. The third-order valence-electron chi connectivity index (χ3n) is 2.97. The van der Waals surface area contributed by atoms with Crippen molar-refractivity contribution < 1.29 is 0 Å². The van der Waals surface area contributed by atoms with E-state index in [1.54, 1.807) is 0 Å². The second-order valence-corrected chi connectivity index (χ2v) is 5.85. The highest BCUT2D eigenvalue weighted by atomic mass is 32.2. The predicted molar refractivity (Wildman–Crippen MR) is 56.2 cm³/mol. The molecular weight excluding hydrogens is 164 g/mol. The zero-order chi connectivity index (χ0) is 8.77. The monoisotopic (exact) mass is 180 g/mol. The van der Waals surface area contributed by atoms with Crippen LogP contribution in [0.5, 0.6) is 0 Å². The lowest BCUT2D eigenvalue weighted by Gasteiger charge is -2.37. The third kappa shape index (κ3) is 1.24. The molecule has 12 heavy (non-hydrogen) atoms. The summed E-state index contributed by atoms with van der Waals surface area (Å²) in [7, 11) is 0. The van der Waals surface area contributed by atoms with Gasteiger partial charge in [-0.15, -0.1) is 11.8 Å². The highest BCUT2D eigenvalue weighted by Gasteiger charge is 2.38. The van der Waals surface area contributed by atoms with Gasteiger partial charge in [-0.2, -0.15) is 0 Å². The Labute approximate surface area is 79.1 Å². The van der Waals surface area contributed by atoms with Crippen molar-refractivity contribution in [2.24, 2.45) is 11.3 Å². The average Bonchev–Trinajstić information content (AvgIpc) is 2.32. The summed E-state index contributed by atoms with van der Waals surface area (Å²) in [4.78, 5) is 1.49. The van der Waals surface area contributed by atoms with Gasteiger partial charge in [-0.1, -0.05) is 32.1 Å². The van der Waals surface area contributed by atoms with Crippen LogP contribution in [0.4, 0.5) is 0 Å². The van der Waals surface area contributed by atoms with E-state index < -0.39 is 0 Å². The molecule has 2 aliphatic rings. The molecule has 2 rings (SSSR count). The first-order chi connectivity index (χ1) is 5.59. The van der Waals surface area contributed by atoms with Crippen molar-refractivity contribution in [1.29, 1.82) is 0 Å². The van der Waals surface area contributed by atoms with Crippen LogP contribution in [0.1, 0.15) is 27.2 Å². The molecule has 0 saturated heterocycles. The maximum atomic E-state index is 2.44. The minimum Gasteiger partial charge on any atom is -0.123 e. The molecule has 1 heteroatoms. The van der Waals surface area contributed by atoms with Crippen molar-refractivity contribution in [2.45, 2.75) is 32.4 Å². The van der Waals surface area contributed by atoms with Gasteiger partial charge in [-0.25, -0.2) is 0 Å². The first-order valence-electron chi connectivity index (χ1n) is 4.62. The van der Waals surface area contributed by atoms with Crippen LogP contribution in [-0.4, -0.2) is 5.25 Å². The molecule has 1 aliphatic carbocycles. The Morgan fingerprint density at radius 3 is 3.00 bits per heavy atom. The maximum absolute atomic E-state index is 2.44. The topological polar surface area (TPSA) is 0 Å². The molecule has 0 N–H and O–H groups in total. The molecule has 1 heterocycles. The summed E-state index contributed by atoms with van der Waals surface area (Å²) in [6.45, 7) is 6.95. The first-order valence-corrected chi connectivity index (χ1v) is 5.50. The number of hydrogen-bond donors (Lipinski definition) is 0. The van der Waals surface area contributed by atoms with Gasteiger partial charge < -0.3 is 0 Å². The molecule has 0 nitrogen and oxygen atoms in total. The van der Waals surface area contributed by atoms with Gasteiger partial charge in [0, 0.05) is 5.25 Å². The number of rotatable bonds is 0. The van der Waals surface area contributed by atoms with Gasteiger partial charge in [0.1, 0.15) is 0 Å². The summed E-state index contributed by atoms with van der Waals surface area (Å²) in [5.41, 5.74) is 0.406. The van der Waals surface area contributed by atoms with Crippen molar-refractivity contribution in [3.63, 3.8) is 0 Å². The molecule has 0 aromatic carbocycles. The standard InChI is InChI=1S/C11H16S/c1-8-7-11(2,3)9-5-4-6-10(9)12-8/h4,6-7,9-10H,5H2,1-3H3/t9-,10+/m0/s1. The van der Waals surface area contributed by atoms with E-state index in [4.69, 9.17) is 0 Å². The highest BCUT2D eigenvalue weighted by molar-refractivity contribution is 8.03. The molecule has 0 bridgehead atoms. The van der Waals surface area contributed by atoms with Crippen LogP contribution >= 0.6 is 11.8 Å². The molecule has 66 valence electrons. The second-order valence-electron chi connectivity index (χ2n) is 4.43. The zero-order valence-corrected chi connectivity index (χ0v) is 8.82. The van der Waals surface area contributed by atoms with E-state index in [0.717, 1.165) is 11.2 Å². The molecule has 0 fully saturated rings. The van der Waals surface area contributed by atoms with Crippen LogP contribution in [0, 0.1) is 11.3 Å². The molecule has 2 atom stereocenters. The Morgan fingerprint density at radius 1 is 1.50 bits per heavy atom. The Morgan fingerprint density at radius 2 is 2.25 bits per heavy atom. The minimum atomic E-state index is 0.406. The predicted octanol–water partition coefficient (Wildman–Crippen LogP) is 3.61. The van der Waals surface area contributed by atoms with E-state index in [2.05, 4.69) is 39.0 Å².